The summed E-state index contributed by atoms with van der Waals surface area (Å²) in [6, 6.07) is 9.48. The van der Waals surface area contributed by atoms with Crippen molar-refractivity contribution in [3.8, 4) is 0 Å². The van der Waals surface area contributed by atoms with Gasteiger partial charge in [0, 0.05) is 18.4 Å². The van der Waals surface area contributed by atoms with E-state index in [-0.39, 0.29) is 6.03 Å². The Morgan fingerprint density at radius 3 is 2.76 bits per heavy atom. The number of anilines is 1. The lowest BCUT2D eigenvalue weighted by Gasteiger charge is -2.10. The van der Waals surface area contributed by atoms with Crippen molar-refractivity contribution in [2.24, 2.45) is 7.05 Å². The molecule has 130 valence electrons. The summed E-state index contributed by atoms with van der Waals surface area (Å²) in [7, 11) is 1.78. The van der Waals surface area contributed by atoms with Crippen LogP contribution in [0, 0.1) is 13.8 Å². The van der Waals surface area contributed by atoms with E-state index in [1.807, 2.05) is 48.9 Å². The molecular formula is C17H21N7O. The van der Waals surface area contributed by atoms with Gasteiger partial charge in [-0.3, -0.25) is 9.36 Å². The Bertz CT molecular complexity index is 881. The van der Waals surface area contributed by atoms with Gasteiger partial charge in [0.1, 0.15) is 12.2 Å². The van der Waals surface area contributed by atoms with Crippen LogP contribution in [0.2, 0.25) is 0 Å². The zero-order chi connectivity index (χ0) is 17.8. The molecule has 2 N–H and O–H groups in total. The van der Waals surface area contributed by atoms with Gasteiger partial charge in [-0.1, -0.05) is 12.1 Å². The molecule has 0 saturated carbocycles. The number of nitrogens with one attached hydrogen (secondary N) is 2. The van der Waals surface area contributed by atoms with E-state index in [1.165, 1.54) is 6.33 Å². The van der Waals surface area contributed by atoms with Crippen LogP contribution in [0.3, 0.4) is 0 Å². The molecule has 0 radical (unpaired) electrons. The van der Waals surface area contributed by atoms with Gasteiger partial charge in [-0.15, -0.1) is 0 Å². The van der Waals surface area contributed by atoms with E-state index in [1.54, 1.807) is 11.7 Å². The summed E-state index contributed by atoms with van der Waals surface area (Å²) in [5.41, 5.74) is 3.90. The SMILES string of the molecule is Cc1cc(C)n(Cc2cccc(NC(=O)NCc3ncnn3C)c2)n1. The van der Waals surface area contributed by atoms with Crippen molar-refractivity contribution in [2.45, 2.75) is 26.9 Å². The average molecular weight is 339 g/mol. The summed E-state index contributed by atoms with van der Waals surface area (Å²) < 4.78 is 3.57. The van der Waals surface area contributed by atoms with Gasteiger partial charge in [0.05, 0.1) is 18.8 Å². The fourth-order valence-electron chi connectivity index (χ4n) is 2.57. The molecule has 25 heavy (non-hydrogen) atoms. The largest absolute Gasteiger partial charge is 0.331 e. The number of aryl methyl sites for hydroxylation is 3. The van der Waals surface area contributed by atoms with Gasteiger partial charge < -0.3 is 10.6 Å². The molecule has 2 aromatic heterocycles. The average Bonchev–Trinajstić information content (AvgIpc) is 3.11. The first kappa shape index (κ1) is 16.7. The van der Waals surface area contributed by atoms with Crippen LogP contribution in [0.25, 0.3) is 0 Å². The topological polar surface area (TPSA) is 89.7 Å². The number of hydrogen-bond acceptors (Lipinski definition) is 4. The number of nitrogens with zero attached hydrogens (tertiary/aromatic N) is 5. The third-order valence-corrected chi connectivity index (χ3v) is 3.83. The molecule has 0 spiro atoms. The molecule has 3 aromatic rings. The molecule has 1 aromatic carbocycles. The van der Waals surface area contributed by atoms with Gasteiger partial charge in [0.15, 0.2) is 0 Å². The summed E-state index contributed by atoms with van der Waals surface area (Å²) in [6.07, 6.45) is 1.46. The summed E-state index contributed by atoms with van der Waals surface area (Å²) in [5, 5.41) is 14.0. The molecule has 0 aliphatic rings. The highest BCUT2D eigenvalue weighted by molar-refractivity contribution is 5.89. The fraction of sp³-hybridized carbons (Fsp3) is 0.294. The maximum Gasteiger partial charge on any atom is 0.319 e. The summed E-state index contributed by atoms with van der Waals surface area (Å²) in [4.78, 5) is 16.1. The molecule has 3 rings (SSSR count). The van der Waals surface area contributed by atoms with Gasteiger partial charge in [0.2, 0.25) is 0 Å². The number of rotatable bonds is 5. The van der Waals surface area contributed by atoms with Crippen LogP contribution in [0.15, 0.2) is 36.7 Å². The molecule has 8 heteroatoms. The minimum atomic E-state index is -0.286. The van der Waals surface area contributed by atoms with Crippen molar-refractivity contribution in [2.75, 3.05) is 5.32 Å². The summed E-state index contributed by atoms with van der Waals surface area (Å²) in [6.45, 7) is 4.98. The predicted molar refractivity (Wildman–Crippen MR) is 94.1 cm³/mol. The summed E-state index contributed by atoms with van der Waals surface area (Å²) in [5.74, 6) is 0.688. The van der Waals surface area contributed by atoms with Crippen LogP contribution in [0.4, 0.5) is 10.5 Å². The number of urea groups is 1. The standard InChI is InChI=1S/C17H21N7O/c1-12-7-13(2)24(22-12)10-14-5-4-6-15(8-14)21-17(25)18-9-16-19-11-20-23(16)3/h4-8,11H,9-10H2,1-3H3,(H2,18,21,25). The zero-order valence-electron chi connectivity index (χ0n) is 14.5. The van der Waals surface area contributed by atoms with E-state index >= 15 is 0 Å². The lowest BCUT2D eigenvalue weighted by Crippen LogP contribution is -2.29. The third kappa shape index (κ3) is 4.23. The van der Waals surface area contributed by atoms with Crippen molar-refractivity contribution in [1.29, 1.82) is 0 Å². The maximum absolute atomic E-state index is 12.0. The Labute approximate surface area is 145 Å². The Morgan fingerprint density at radius 2 is 2.08 bits per heavy atom. The molecule has 0 aliphatic carbocycles. The molecular weight excluding hydrogens is 318 g/mol. The second-order valence-corrected chi connectivity index (χ2v) is 5.89. The van der Waals surface area contributed by atoms with Crippen molar-refractivity contribution in [3.05, 3.63) is 59.4 Å². The number of carbonyl (C=O) groups excluding carboxylic acids is 1. The van der Waals surface area contributed by atoms with Crippen molar-refractivity contribution < 1.29 is 4.79 Å². The van der Waals surface area contributed by atoms with E-state index in [2.05, 4.69) is 25.8 Å². The molecule has 2 heterocycles. The monoisotopic (exact) mass is 339 g/mol. The van der Waals surface area contributed by atoms with E-state index in [9.17, 15) is 4.79 Å². The Morgan fingerprint density at radius 1 is 1.24 bits per heavy atom. The van der Waals surface area contributed by atoms with Gasteiger partial charge >= 0.3 is 6.03 Å². The van der Waals surface area contributed by atoms with Gasteiger partial charge in [0.25, 0.3) is 0 Å². The quantitative estimate of drug-likeness (QED) is 0.744. The molecule has 0 saturated heterocycles. The number of amides is 2. The van der Waals surface area contributed by atoms with Gasteiger partial charge in [-0.25, -0.2) is 9.78 Å². The lowest BCUT2D eigenvalue weighted by molar-refractivity contribution is 0.251. The van der Waals surface area contributed by atoms with Crippen LogP contribution in [0.1, 0.15) is 22.8 Å². The predicted octanol–water partition coefficient (Wildman–Crippen LogP) is 2.00. The van der Waals surface area contributed by atoms with Gasteiger partial charge in [-0.05, 0) is 37.6 Å². The zero-order valence-corrected chi connectivity index (χ0v) is 14.5. The fourth-order valence-corrected chi connectivity index (χ4v) is 2.57. The third-order valence-electron chi connectivity index (χ3n) is 3.83. The van der Waals surface area contributed by atoms with Crippen LogP contribution in [-0.4, -0.2) is 30.6 Å². The number of carbonyl (C=O) groups is 1. The first-order valence-corrected chi connectivity index (χ1v) is 7.99. The first-order chi connectivity index (χ1) is 12.0. The van der Waals surface area contributed by atoms with Crippen LogP contribution < -0.4 is 10.6 Å². The van der Waals surface area contributed by atoms with Crippen LogP contribution >= 0.6 is 0 Å². The molecule has 0 bridgehead atoms. The second kappa shape index (κ2) is 7.16. The highest BCUT2D eigenvalue weighted by atomic mass is 16.2. The van der Waals surface area contributed by atoms with Crippen molar-refractivity contribution in [1.82, 2.24) is 29.9 Å². The molecule has 0 unspecified atom stereocenters. The number of aromatic nitrogens is 5. The van der Waals surface area contributed by atoms with Crippen LogP contribution in [0.5, 0.6) is 0 Å². The minimum Gasteiger partial charge on any atom is -0.331 e. The minimum absolute atomic E-state index is 0.286. The molecule has 8 nitrogen and oxygen atoms in total. The highest BCUT2D eigenvalue weighted by Gasteiger charge is 2.07. The highest BCUT2D eigenvalue weighted by Crippen LogP contribution is 2.13. The maximum atomic E-state index is 12.0. The van der Waals surface area contributed by atoms with Crippen LogP contribution in [-0.2, 0) is 20.1 Å². The Hall–Kier alpha value is -3.16. The molecule has 0 aliphatic heterocycles. The van der Waals surface area contributed by atoms with E-state index < -0.39 is 0 Å². The number of benzene rings is 1. The van der Waals surface area contributed by atoms with Gasteiger partial charge in [-0.2, -0.15) is 10.2 Å². The second-order valence-electron chi connectivity index (χ2n) is 5.89. The number of hydrogen-bond donors (Lipinski definition) is 2. The Balaban J connectivity index is 1.60. The normalized spacial score (nSPS) is 10.7. The van der Waals surface area contributed by atoms with E-state index in [0.29, 0.717) is 18.9 Å². The molecule has 0 fully saturated rings. The molecule has 0 atom stereocenters. The van der Waals surface area contributed by atoms with Crippen molar-refractivity contribution in [3.63, 3.8) is 0 Å². The molecule has 2 amide bonds. The van der Waals surface area contributed by atoms with E-state index in [4.69, 9.17) is 0 Å². The van der Waals surface area contributed by atoms with E-state index in [0.717, 1.165) is 22.6 Å². The lowest BCUT2D eigenvalue weighted by atomic mass is 10.2. The smallest absolute Gasteiger partial charge is 0.319 e. The van der Waals surface area contributed by atoms with Crippen molar-refractivity contribution >= 4 is 11.7 Å². The first-order valence-electron chi connectivity index (χ1n) is 7.99. The Kier molecular flexibility index (Phi) is 4.78. The summed E-state index contributed by atoms with van der Waals surface area (Å²) >= 11 is 0.